The molecule has 0 unspecified atom stereocenters. The van der Waals surface area contributed by atoms with Gasteiger partial charge in [0.05, 0.1) is 4.47 Å². The quantitative estimate of drug-likeness (QED) is 0.811. The van der Waals surface area contributed by atoms with Gasteiger partial charge in [-0.15, -0.1) is 0 Å². The van der Waals surface area contributed by atoms with Gasteiger partial charge in [-0.2, -0.15) is 0 Å². The predicted octanol–water partition coefficient (Wildman–Crippen LogP) is 4.32. The van der Waals surface area contributed by atoms with E-state index in [9.17, 15) is 4.79 Å². The van der Waals surface area contributed by atoms with E-state index in [1.807, 2.05) is 25.1 Å². The number of pyridine rings is 1. The van der Waals surface area contributed by atoms with Crippen molar-refractivity contribution in [2.45, 2.75) is 20.0 Å². The van der Waals surface area contributed by atoms with Crippen molar-refractivity contribution >= 4 is 43.6 Å². The molecule has 0 saturated carbocycles. The van der Waals surface area contributed by atoms with Crippen molar-refractivity contribution in [2.75, 3.05) is 5.32 Å². The van der Waals surface area contributed by atoms with Crippen LogP contribution in [0.3, 0.4) is 0 Å². The highest BCUT2D eigenvalue weighted by atomic mass is 79.9. The summed E-state index contributed by atoms with van der Waals surface area (Å²) >= 11 is 6.77. The van der Waals surface area contributed by atoms with Gasteiger partial charge in [0.1, 0.15) is 11.6 Å². The molecular weight excluding hydrogens is 400 g/mol. The smallest absolute Gasteiger partial charge is 0.266 e. The van der Waals surface area contributed by atoms with Gasteiger partial charge in [-0.05, 0) is 65.7 Å². The van der Waals surface area contributed by atoms with Gasteiger partial charge >= 0.3 is 0 Å². The minimum Gasteiger partial charge on any atom is -0.480 e. The summed E-state index contributed by atoms with van der Waals surface area (Å²) in [5.74, 6) is 0.881. The lowest BCUT2D eigenvalue weighted by molar-refractivity contribution is -0.122. The summed E-state index contributed by atoms with van der Waals surface area (Å²) in [7, 11) is 0. The lowest BCUT2D eigenvalue weighted by atomic mass is 10.3. The van der Waals surface area contributed by atoms with E-state index < -0.39 is 6.10 Å². The molecule has 21 heavy (non-hydrogen) atoms. The molecule has 6 heteroatoms. The van der Waals surface area contributed by atoms with Crippen molar-refractivity contribution in [3.8, 4) is 5.75 Å². The summed E-state index contributed by atoms with van der Waals surface area (Å²) < 4.78 is 7.37. The van der Waals surface area contributed by atoms with Gasteiger partial charge in [-0.25, -0.2) is 4.98 Å². The largest absolute Gasteiger partial charge is 0.480 e. The van der Waals surface area contributed by atoms with Crippen LogP contribution in [0.5, 0.6) is 5.75 Å². The molecule has 1 amide bonds. The van der Waals surface area contributed by atoms with Crippen LogP contribution >= 0.6 is 31.9 Å². The van der Waals surface area contributed by atoms with Crippen molar-refractivity contribution in [3.05, 3.63) is 51.0 Å². The van der Waals surface area contributed by atoms with E-state index in [2.05, 4.69) is 42.2 Å². The van der Waals surface area contributed by atoms with Gasteiger partial charge in [-0.3, -0.25) is 4.79 Å². The maximum absolute atomic E-state index is 12.1. The number of aryl methyl sites for hydroxylation is 1. The summed E-state index contributed by atoms with van der Waals surface area (Å²) in [5.41, 5.74) is 1.03. The summed E-state index contributed by atoms with van der Waals surface area (Å²) in [6.45, 7) is 3.63. The molecule has 0 saturated heterocycles. The highest BCUT2D eigenvalue weighted by Crippen LogP contribution is 2.29. The number of hydrogen-bond donors (Lipinski definition) is 1. The standard InChI is InChI=1S/C15H14Br2N2O2/c1-9-5-6-18-14(7-9)19-15(20)10(2)21-13-4-3-11(16)8-12(13)17/h3-8,10H,1-2H3,(H,18,19,20)/t10-/m1/s1. The fourth-order valence-electron chi connectivity index (χ4n) is 1.65. The summed E-state index contributed by atoms with van der Waals surface area (Å²) in [4.78, 5) is 16.2. The molecule has 4 nitrogen and oxygen atoms in total. The van der Waals surface area contributed by atoms with E-state index in [0.717, 1.165) is 14.5 Å². The van der Waals surface area contributed by atoms with Gasteiger partial charge in [-0.1, -0.05) is 15.9 Å². The molecule has 1 N–H and O–H groups in total. The average molecular weight is 414 g/mol. The summed E-state index contributed by atoms with van der Waals surface area (Å²) in [5, 5.41) is 2.73. The van der Waals surface area contributed by atoms with Crippen LogP contribution in [0.4, 0.5) is 5.82 Å². The molecule has 0 aliphatic carbocycles. The van der Waals surface area contributed by atoms with E-state index in [0.29, 0.717) is 11.6 Å². The molecule has 0 bridgehead atoms. The average Bonchev–Trinajstić information content (AvgIpc) is 2.41. The van der Waals surface area contributed by atoms with Gasteiger partial charge in [0.15, 0.2) is 6.10 Å². The van der Waals surface area contributed by atoms with Crippen molar-refractivity contribution in [1.82, 2.24) is 4.98 Å². The van der Waals surface area contributed by atoms with Crippen LogP contribution in [-0.4, -0.2) is 17.0 Å². The van der Waals surface area contributed by atoms with E-state index in [-0.39, 0.29) is 5.91 Å². The second kappa shape index (κ2) is 7.04. The topological polar surface area (TPSA) is 51.2 Å². The molecule has 2 aromatic rings. The first-order chi connectivity index (χ1) is 9.95. The molecule has 1 atom stereocenters. The Labute approximate surface area is 140 Å². The monoisotopic (exact) mass is 412 g/mol. The predicted molar refractivity (Wildman–Crippen MR) is 89.5 cm³/mol. The molecule has 110 valence electrons. The zero-order valence-corrected chi connectivity index (χ0v) is 14.7. The number of rotatable bonds is 4. The highest BCUT2D eigenvalue weighted by Gasteiger charge is 2.16. The molecule has 0 spiro atoms. The maximum atomic E-state index is 12.1. The number of nitrogens with one attached hydrogen (secondary N) is 1. The maximum Gasteiger partial charge on any atom is 0.266 e. The third-order valence-electron chi connectivity index (χ3n) is 2.73. The molecule has 2 rings (SSSR count). The Bertz CT molecular complexity index is 662. The zero-order valence-electron chi connectivity index (χ0n) is 11.6. The van der Waals surface area contributed by atoms with Gasteiger partial charge in [0.25, 0.3) is 5.91 Å². The van der Waals surface area contributed by atoms with E-state index in [4.69, 9.17) is 4.74 Å². The Morgan fingerprint density at radius 1 is 1.29 bits per heavy atom. The van der Waals surface area contributed by atoms with Gasteiger partial charge < -0.3 is 10.1 Å². The van der Waals surface area contributed by atoms with E-state index >= 15 is 0 Å². The number of carbonyl (C=O) groups excluding carboxylic acids is 1. The molecule has 1 aromatic heterocycles. The molecule has 0 aliphatic rings. The molecule has 0 fully saturated rings. The number of benzene rings is 1. The van der Waals surface area contributed by atoms with Gasteiger partial charge in [0.2, 0.25) is 0 Å². The molecule has 0 aliphatic heterocycles. The lowest BCUT2D eigenvalue weighted by Crippen LogP contribution is -2.30. The van der Waals surface area contributed by atoms with Gasteiger partial charge in [0, 0.05) is 10.7 Å². The zero-order chi connectivity index (χ0) is 15.4. The van der Waals surface area contributed by atoms with Crippen LogP contribution in [0.2, 0.25) is 0 Å². The fourth-order valence-corrected chi connectivity index (χ4v) is 2.79. The Kier molecular flexibility index (Phi) is 5.36. The number of anilines is 1. The van der Waals surface area contributed by atoms with Crippen molar-refractivity contribution in [1.29, 1.82) is 0 Å². The van der Waals surface area contributed by atoms with E-state index in [1.165, 1.54) is 0 Å². The number of carbonyl (C=O) groups is 1. The SMILES string of the molecule is Cc1ccnc(NC(=O)[C@@H](C)Oc2ccc(Br)cc2Br)c1. The molecule has 1 aromatic carbocycles. The Morgan fingerprint density at radius 2 is 2.05 bits per heavy atom. The number of ether oxygens (including phenoxy) is 1. The Hall–Kier alpha value is -1.40. The van der Waals surface area contributed by atoms with Crippen LogP contribution in [0.15, 0.2) is 45.5 Å². The molecule has 1 heterocycles. The first kappa shape index (κ1) is 16.0. The first-order valence-corrected chi connectivity index (χ1v) is 7.89. The summed E-state index contributed by atoms with van der Waals surface area (Å²) in [6, 6.07) is 9.19. The van der Waals surface area contributed by atoms with Crippen molar-refractivity contribution in [2.24, 2.45) is 0 Å². The molecular formula is C15H14Br2N2O2. The van der Waals surface area contributed by atoms with Crippen LogP contribution in [0, 0.1) is 6.92 Å². The minimum atomic E-state index is -0.634. The normalized spacial score (nSPS) is 11.8. The van der Waals surface area contributed by atoms with Crippen LogP contribution in [0.25, 0.3) is 0 Å². The Balaban J connectivity index is 2.02. The first-order valence-electron chi connectivity index (χ1n) is 6.31. The number of aromatic nitrogens is 1. The number of hydrogen-bond acceptors (Lipinski definition) is 3. The third kappa shape index (κ3) is 4.54. The minimum absolute atomic E-state index is 0.247. The fraction of sp³-hybridized carbons (Fsp3) is 0.200. The lowest BCUT2D eigenvalue weighted by Gasteiger charge is -2.15. The van der Waals surface area contributed by atoms with Crippen molar-refractivity contribution in [3.63, 3.8) is 0 Å². The second-order valence-electron chi connectivity index (χ2n) is 4.54. The van der Waals surface area contributed by atoms with Crippen LogP contribution < -0.4 is 10.1 Å². The number of amides is 1. The molecule has 0 radical (unpaired) electrons. The van der Waals surface area contributed by atoms with Crippen molar-refractivity contribution < 1.29 is 9.53 Å². The number of nitrogens with zero attached hydrogens (tertiary/aromatic N) is 1. The highest BCUT2D eigenvalue weighted by molar-refractivity contribution is 9.11. The second-order valence-corrected chi connectivity index (χ2v) is 6.31. The third-order valence-corrected chi connectivity index (χ3v) is 3.85. The Morgan fingerprint density at radius 3 is 2.71 bits per heavy atom. The van der Waals surface area contributed by atoms with Crippen LogP contribution in [-0.2, 0) is 4.79 Å². The number of halogens is 2. The van der Waals surface area contributed by atoms with E-state index in [1.54, 1.807) is 25.3 Å². The van der Waals surface area contributed by atoms with Crippen LogP contribution in [0.1, 0.15) is 12.5 Å². The summed E-state index contributed by atoms with van der Waals surface area (Å²) in [6.07, 6.45) is 1.02.